The van der Waals surface area contributed by atoms with E-state index in [9.17, 15) is 8.78 Å². The van der Waals surface area contributed by atoms with Gasteiger partial charge >= 0.3 is 0 Å². The Morgan fingerprint density at radius 3 is 2.47 bits per heavy atom. The van der Waals surface area contributed by atoms with E-state index in [2.05, 4.69) is 0 Å². The van der Waals surface area contributed by atoms with Crippen LogP contribution in [0.2, 0.25) is 0 Å². The molecule has 0 amide bonds. The van der Waals surface area contributed by atoms with Gasteiger partial charge in [-0.05, 0) is 31.2 Å². The Kier molecular flexibility index (Phi) is 4.05. The number of hydrogen-bond donors (Lipinski definition) is 0. The summed E-state index contributed by atoms with van der Waals surface area (Å²) in [6.07, 6.45) is 0. The maximum absolute atomic E-state index is 13.8. The van der Waals surface area contributed by atoms with Gasteiger partial charge in [-0.2, -0.15) is 0 Å². The van der Waals surface area contributed by atoms with Crippen molar-refractivity contribution in [3.8, 4) is 5.75 Å². The van der Waals surface area contributed by atoms with Crippen LogP contribution >= 0.6 is 11.6 Å². The van der Waals surface area contributed by atoms with Crippen molar-refractivity contribution in [2.45, 2.75) is 12.3 Å². The van der Waals surface area contributed by atoms with Crippen LogP contribution in [0.5, 0.6) is 5.75 Å². The zero-order chi connectivity index (χ0) is 14.0. The van der Waals surface area contributed by atoms with Crippen LogP contribution in [0.15, 0.2) is 36.4 Å². The van der Waals surface area contributed by atoms with E-state index in [0.717, 1.165) is 5.56 Å². The summed E-state index contributed by atoms with van der Waals surface area (Å²) in [5.41, 5.74) is 1.61. The maximum Gasteiger partial charge on any atom is 0.128 e. The van der Waals surface area contributed by atoms with Crippen LogP contribution in [0.1, 0.15) is 22.1 Å². The molecular formula is C15H13ClF2O. The predicted octanol–water partition coefficient (Wildman–Crippen LogP) is 4.61. The molecule has 0 bridgehead atoms. The van der Waals surface area contributed by atoms with Crippen molar-refractivity contribution >= 4 is 11.6 Å². The van der Waals surface area contributed by atoms with Crippen LogP contribution in [-0.4, -0.2) is 7.11 Å². The van der Waals surface area contributed by atoms with E-state index >= 15 is 0 Å². The van der Waals surface area contributed by atoms with Crippen molar-refractivity contribution in [2.75, 3.05) is 7.11 Å². The van der Waals surface area contributed by atoms with Gasteiger partial charge in [0, 0.05) is 11.1 Å². The summed E-state index contributed by atoms with van der Waals surface area (Å²) >= 11 is 6.28. The number of methoxy groups -OCH3 is 1. The average molecular weight is 283 g/mol. The lowest BCUT2D eigenvalue weighted by Gasteiger charge is -2.15. The van der Waals surface area contributed by atoms with E-state index in [1.54, 1.807) is 12.1 Å². The van der Waals surface area contributed by atoms with Gasteiger partial charge in [0.1, 0.15) is 17.4 Å². The average Bonchev–Trinajstić information content (AvgIpc) is 2.40. The first-order valence-electron chi connectivity index (χ1n) is 5.76. The molecule has 0 fully saturated rings. The van der Waals surface area contributed by atoms with E-state index in [1.807, 2.05) is 6.92 Å². The smallest absolute Gasteiger partial charge is 0.128 e. The second-order valence-corrected chi connectivity index (χ2v) is 4.71. The fourth-order valence-electron chi connectivity index (χ4n) is 1.93. The zero-order valence-corrected chi connectivity index (χ0v) is 11.3. The van der Waals surface area contributed by atoms with Crippen molar-refractivity contribution < 1.29 is 13.5 Å². The molecule has 1 atom stereocenters. The molecule has 100 valence electrons. The molecule has 0 radical (unpaired) electrons. The lowest BCUT2D eigenvalue weighted by atomic mass is 10.0. The second kappa shape index (κ2) is 5.57. The van der Waals surface area contributed by atoms with Gasteiger partial charge in [0.15, 0.2) is 0 Å². The molecule has 0 aliphatic carbocycles. The van der Waals surface area contributed by atoms with Crippen LogP contribution in [0.25, 0.3) is 0 Å². The van der Waals surface area contributed by atoms with Crippen LogP contribution < -0.4 is 4.74 Å². The molecule has 2 aromatic carbocycles. The Hall–Kier alpha value is -1.61. The molecule has 0 saturated carbocycles. The molecule has 0 heterocycles. The highest BCUT2D eigenvalue weighted by Crippen LogP contribution is 2.36. The van der Waals surface area contributed by atoms with Crippen LogP contribution in [0.4, 0.5) is 8.78 Å². The standard InChI is InChI=1S/C15H13ClF2O/c1-9-3-5-13(18)11(7-9)15(16)12-8-10(17)4-6-14(12)19-2/h3-8,15H,1-2H3. The minimum absolute atomic E-state index is 0.311. The summed E-state index contributed by atoms with van der Waals surface area (Å²) in [6, 6.07) is 8.68. The monoisotopic (exact) mass is 282 g/mol. The first-order chi connectivity index (χ1) is 9.02. The number of benzene rings is 2. The number of rotatable bonds is 3. The summed E-state index contributed by atoms with van der Waals surface area (Å²) in [4.78, 5) is 0. The van der Waals surface area contributed by atoms with E-state index in [4.69, 9.17) is 16.3 Å². The van der Waals surface area contributed by atoms with Gasteiger partial charge in [-0.25, -0.2) is 8.78 Å². The third-order valence-electron chi connectivity index (χ3n) is 2.89. The minimum Gasteiger partial charge on any atom is -0.496 e. The minimum atomic E-state index is -0.800. The van der Waals surface area contributed by atoms with E-state index in [-0.39, 0.29) is 0 Å². The highest BCUT2D eigenvalue weighted by molar-refractivity contribution is 6.22. The van der Waals surface area contributed by atoms with E-state index in [0.29, 0.717) is 16.9 Å². The summed E-state index contributed by atoms with van der Waals surface area (Å²) in [7, 11) is 1.47. The third-order valence-corrected chi connectivity index (χ3v) is 3.36. The van der Waals surface area contributed by atoms with Crippen LogP contribution in [0.3, 0.4) is 0 Å². The predicted molar refractivity (Wildman–Crippen MR) is 71.8 cm³/mol. The number of alkyl halides is 1. The molecule has 19 heavy (non-hydrogen) atoms. The van der Waals surface area contributed by atoms with Gasteiger partial charge in [-0.15, -0.1) is 11.6 Å². The van der Waals surface area contributed by atoms with Crippen LogP contribution in [0, 0.1) is 18.6 Å². The lowest BCUT2D eigenvalue weighted by molar-refractivity contribution is 0.408. The van der Waals surface area contributed by atoms with Gasteiger partial charge in [0.25, 0.3) is 0 Å². The van der Waals surface area contributed by atoms with Crippen molar-refractivity contribution in [2.24, 2.45) is 0 Å². The van der Waals surface area contributed by atoms with Gasteiger partial charge in [0.05, 0.1) is 12.5 Å². The molecule has 4 heteroatoms. The second-order valence-electron chi connectivity index (χ2n) is 4.27. The first kappa shape index (κ1) is 13.8. The lowest BCUT2D eigenvalue weighted by Crippen LogP contribution is -2.01. The normalized spacial score (nSPS) is 12.3. The van der Waals surface area contributed by atoms with Gasteiger partial charge in [-0.1, -0.05) is 17.7 Å². The highest BCUT2D eigenvalue weighted by Gasteiger charge is 2.20. The quantitative estimate of drug-likeness (QED) is 0.747. The summed E-state index contributed by atoms with van der Waals surface area (Å²) in [5, 5.41) is -0.800. The van der Waals surface area contributed by atoms with Crippen molar-refractivity contribution in [3.05, 3.63) is 64.7 Å². The molecule has 1 nitrogen and oxygen atoms in total. The summed E-state index contributed by atoms with van der Waals surface area (Å²) in [5.74, 6) is -0.422. The summed E-state index contributed by atoms with van der Waals surface area (Å²) in [6.45, 7) is 1.84. The molecule has 0 N–H and O–H groups in total. The zero-order valence-electron chi connectivity index (χ0n) is 10.6. The molecule has 0 aliphatic heterocycles. The fraction of sp³-hybridized carbons (Fsp3) is 0.200. The number of halogens is 3. The Morgan fingerprint density at radius 2 is 1.79 bits per heavy atom. The number of ether oxygens (including phenoxy) is 1. The Morgan fingerprint density at radius 1 is 1.05 bits per heavy atom. The first-order valence-corrected chi connectivity index (χ1v) is 6.20. The van der Waals surface area contributed by atoms with Gasteiger partial charge < -0.3 is 4.74 Å². The van der Waals surface area contributed by atoms with Crippen molar-refractivity contribution in [1.82, 2.24) is 0 Å². The summed E-state index contributed by atoms with van der Waals surface area (Å²) < 4.78 is 32.3. The Bertz CT molecular complexity index is 599. The molecule has 2 aromatic rings. The molecule has 0 spiro atoms. The molecule has 1 unspecified atom stereocenters. The molecule has 0 aromatic heterocycles. The van der Waals surface area contributed by atoms with Gasteiger partial charge in [0.2, 0.25) is 0 Å². The SMILES string of the molecule is COc1ccc(F)cc1C(Cl)c1cc(C)ccc1F. The molecular weight excluding hydrogens is 270 g/mol. The van der Waals surface area contributed by atoms with E-state index in [1.165, 1.54) is 31.4 Å². The van der Waals surface area contributed by atoms with Gasteiger partial charge in [-0.3, -0.25) is 0 Å². The maximum atomic E-state index is 13.8. The molecule has 0 aliphatic rings. The largest absolute Gasteiger partial charge is 0.496 e. The van der Waals surface area contributed by atoms with Crippen molar-refractivity contribution in [1.29, 1.82) is 0 Å². The van der Waals surface area contributed by atoms with Crippen LogP contribution in [-0.2, 0) is 0 Å². The highest BCUT2D eigenvalue weighted by atomic mass is 35.5. The molecule has 0 saturated heterocycles. The Labute approximate surface area is 115 Å². The topological polar surface area (TPSA) is 9.23 Å². The number of hydrogen-bond acceptors (Lipinski definition) is 1. The third kappa shape index (κ3) is 2.87. The van der Waals surface area contributed by atoms with E-state index < -0.39 is 17.0 Å². The van der Waals surface area contributed by atoms with Crippen molar-refractivity contribution in [3.63, 3.8) is 0 Å². The number of aryl methyl sites for hydroxylation is 1. The Balaban J connectivity index is 2.51. The fourth-order valence-corrected chi connectivity index (χ4v) is 2.27. The molecule has 2 rings (SSSR count).